The molecule has 1 rings (SSSR count). The number of aryl methyl sites for hydroxylation is 2. The summed E-state index contributed by atoms with van der Waals surface area (Å²) in [5, 5.41) is 6.72. The van der Waals surface area contributed by atoms with E-state index in [-0.39, 0.29) is 0 Å². The van der Waals surface area contributed by atoms with E-state index in [2.05, 4.69) is 55.2 Å². The molecule has 2 N–H and O–H groups in total. The van der Waals surface area contributed by atoms with Crippen LogP contribution in [0.5, 0.6) is 0 Å². The van der Waals surface area contributed by atoms with Gasteiger partial charge in [-0.15, -0.1) is 0 Å². The van der Waals surface area contributed by atoms with Crippen LogP contribution in [0.15, 0.2) is 9.41 Å². The first-order valence-electron chi connectivity index (χ1n) is 8.19. The number of oxazole rings is 1. The molecule has 5 nitrogen and oxygen atoms in total. The second-order valence-electron chi connectivity index (χ2n) is 7.09. The Morgan fingerprint density at radius 3 is 2.50 bits per heavy atom. The van der Waals surface area contributed by atoms with Crippen LogP contribution in [0, 0.1) is 19.3 Å². The molecule has 126 valence electrons. The van der Waals surface area contributed by atoms with Crippen LogP contribution in [0.1, 0.15) is 64.8 Å². The molecule has 5 heteroatoms. The standard InChI is InChI=1S/C17H32N4O/c1-8-18-16(20-12(2)9-10-17(5,6)7)19-11-15-21-13(3)14(4)22-15/h12H,8-11H2,1-7H3,(H2,18,19,20). The molecule has 0 bridgehead atoms. The van der Waals surface area contributed by atoms with Gasteiger partial charge in [0, 0.05) is 12.6 Å². The number of nitrogens with one attached hydrogen (secondary N) is 2. The van der Waals surface area contributed by atoms with Crippen molar-refractivity contribution < 1.29 is 4.42 Å². The third-order valence-electron chi connectivity index (χ3n) is 3.50. The molecule has 0 aliphatic carbocycles. The van der Waals surface area contributed by atoms with E-state index in [9.17, 15) is 0 Å². The van der Waals surface area contributed by atoms with Crippen LogP contribution in [0.3, 0.4) is 0 Å². The van der Waals surface area contributed by atoms with Gasteiger partial charge in [-0.05, 0) is 46.0 Å². The van der Waals surface area contributed by atoms with Crippen molar-refractivity contribution in [1.29, 1.82) is 0 Å². The highest BCUT2D eigenvalue weighted by atomic mass is 16.4. The number of hydrogen-bond acceptors (Lipinski definition) is 3. The van der Waals surface area contributed by atoms with E-state index in [1.54, 1.807) is 0 Å². The fraction of sp³-hybridized carbons (Fsp3) is 0.765. The van der Waals surface area contributed by atoms with Crippen LogP contribution in [0.4, 0.5) is 0 Å². The van der Waals surface area contributed by atoms with Gasteiger partial charge in [0.1, 0.15) is 12.3 Å². The lowest BCUT2D eigenvalue weighted by atomic mass is 9.89. The van der Waals surface area contributed by atoms with Crippen molar-refractivity contribution in [2.24, 2.45) is 10.4 Å². The molecule has 0 aliphatic rings. The quantitative estimate of drug-likeness (QED) is 0.623. The first-order valence-corrected chi connectivity index (χ1v) is 8.19. The van der Waals surface area contributed by atoms with Crippen molar-refractivity contribution in [3.8, 4) is 0 Å². The molecule has 1 atom stereocenters. The molecule has 0 spiro atoms. The second-order valence-corrected chi connectivity index (χ2v) is 7.09. The van der Waals surface area contributed by atoms with Gasteiger partial charge < -0.3 is 15.1 Å². The Bertz CT molecular complexity index is 466. The van der Waals surface area contributed by atoms with Crippen LogP contribution >= 0.6 is 0 Å². The lowest BCUT2D eigenvalue weighted by Crippen LogP contribution is -2.42. The zero-order valence-corrected chi connectivity index (χ0v) is 15.2. The summed E-state index contributed by atoms with van der Waals surface area (Å²) in [4.78, 5) is 8.92. The first-order chi connectivity index (χ1) is 10.2. The van der Waals surface area contributed by atoms with E-state index >= 15 is 0 Å². The minimum Gasteiger partial charge on any atom is -0.444 e. The molecule has 1 unspecified atom stereocenters. The Kier molecular flexibility index (Phi) is 6.91. The van der Waals surface area contributed by atoms with Gasteiger partial charge in [-0.2, -0.15) is 0 Å². The monoisotopic (exact) mass is 308 g/mol. The average molecular weight is 308 g/mol. The molecule has 0 saturated carbocycles. The van der Waals surface area contributed by atoms with Crippen LogP contribution < -0.4 is 10.6 Å². The second kappa shape index (κ2) is 8.20. The van der Waals surface area contributed by atoms with Crippen LogP contribution in [-0.4, -0.2) is 23.5 Å². The first kappa shape index (κ1) is 18.5. The fourth-order valence-electron chi connectivity index (χ4n) is 2.03. The van der Waals surface area contributed by atoms with Gasteiger partial charge in [-0.3, -0.25) is 0 Å². The minimum absolute atomic E-state index is 0.360. The topological polar surface area (TPSA) is 62.5 Å². The van der Waals surface area contributed by atoms with Crippen molar-refractivity contribution in [1.82, 2.24) is 15.6 Å². The Hall–Kier alpha value is -1.52. The summed E-state index contributed by atoms with van der Waals surface area (Å²) in [6.45, 7) is 16.2. The Labute approximate surface area is 135 Å². The summed E-state index contributed by atoms with van der Waals surface area (Å²) < 4.78 is 5.57. The summed E-state index contributed by atoms with van der Waals surface area (Å²) in [5.41, 5.74) is 1.29. The molecule has 1 aromatic heterocycles. The molecule has 0 fully saturated rings. The minimum atomic E-state index is 0.360. The maximum atomic E-state index is 5.57. The van der Waals surface area contributed by atoms with Crippen LogP contribution in [0.2, 0.25) is 0 Å². The van der Waals surface area contributed by atoms with Crippen molar-refractivity contribution in [3.63, 3.8) is 0 Å². The molecule has 1 heterocycles. The maximum absolute atomic E-state index is 5.57. The Morgan fingerprint density at radius 1 is 1.32 bits per heavy atom. The molecule has 0 aromatic carbocycles. The predicted octanol–water partition coefficient (Wildman–Crippen LogP) is 3.56. The van der Waals surface area contributed by atoms with E-state index in [0.717, 1.165) is 30.4 Å². The third-order valence-corrected chi connectivity index (χ3v) is 3.50. The number of aromatic nitrogens is 1. The van der Waals surface area contributed by atoms with Crippen LogP contribution in [0.25, 0.3) is 0 Å². The van der Waals surface area contributed by atoms with E-state index in [1.165, 1.54) is 6.42 Å². The number of aliphatic imine (C=N–C) groups is 1. The molecular formula is C17H32N4O. The molecule has 22 heavy (non-hydrogen) atoms. The summed E-state index contributed by atoms with van der Waals surface area (Å²) >= 11 is 0. The third kappa shape index (κ3) is 6.96. The van der Waals surface area contributed by atoms with Gasteiger partial charge in [-0.25, -0.2) is 9.98 Å². The number of guanidine groups is 1. The van der Waals surface area contributed by atoms with E-state index < -0.39 is 0 Å². The van der Waals surface area contributed by atoms with Gasteiger partial charge in [-0.1, -0.05) is 20.8 Å². The highest BCUT2D eigenvalue weighted by Gasteiger charge is 2.13. The zero-order valence-electron chi connectivity index (χ0n) is 15.2. The number of hydrogen-bond donors (Lipinski definition) is 2. The summed E-state index contributed by atoms with van der Waals surface area (Å²) in [5.74, 6) is 2.34. The molecule has 0 amide bonds. The number of nitrogens with zero attached hydrogens (tertiary/aromatic N) is 2. The van der Waals surface area contributed by atoms with Crippen molar-refractivity contribution in [2.45, 2.75) is 73.9 Å². The molecule has 0 saturated heterocycles. The normalized spacial score (nSPS) is 14.0. The smallest absolute Gasteiger partial charge is 0.216 e. The molecule has 0 aliphatic heterocycles. The fourth-order valence-corrected chi connectivity index (χ4v) is 2.03. The Morgan fingerprint density at radius 2 is 2.00 bits per heavy atom. The lowest BCUT2D eigenvalue weighted by Gasteiger charge is -2.23. The SMILES string of the molecule is CCNC(=NCc1nc(C)c(C)o1)NC(C)CCC(C)(C)C. The van der Waals surface area contributed by atoms with Crippen LogP contribution in [-0.2, 0) is 6.54 Å². The largest absolute Gasteiger partial charge is 0.444 e. The van der Waals surface area contributed by atoms with Gasteiger partial charge in [0.2, 0.25) is 5.89 Å². The maximum Gasteiger partial charge on any atom is 0.216 e. The van der Waals surface area contributed by atoms with Gasteiger partial charge in [0.05, 0.1) is 5.69 Å². The Balaban J connectivity index is 2.58. The number of rotatable bonds is 6. The van der Waals surface area contributed by atoms with E-state index in [4.69, 9.17) is 4.42 Å². The highest BCUT2D eigenvalue weighted by Crippen LogP contribution is 2.21. The van der Waals surface area contributed by atoms with Gasteiger partial charge in [0.25, 0.3) is 0 Å². The predicted molar refractivity (Wildman–Crippen MR) is 92.1 cm³/mol. The van der Waals surface area contributed by atoms with E-state index in [1.807, 2.05) is 13.8 Å². The van der Waals surface area contributed by atoms with Gasteiger partial charge in [0.15, 0.2) is 5.96 Å². The summed E-state index contributed by atoms with van der Waals surface area (Å²) in [6, 6.07) is 0.380. The molecular weight excluding hydrogens is 276 g/mol. The van der Waals surface area contributed by atoms with E-state index in [0.29, 0.717) is 23.9 Å². The summed E-state index contributed by atoms with van der Waals surface area (Å²) in [6.07, 6.45) is 2.30. The lowest BCUT2D eigenvalue weighted by molar-refractivity contribution is 0.346. The summed E-state index contributed by atoms with van der Waals surface area (Å²) in [7, 11) is 0. The zero-order chi connectivity index (χ0) is 16.8. The highest BCUT2D eigenvalue weighted by molar-refractivity contribution is 5.79. The van der Waals surface area contributed by atoms with Crippen molar-refractivity contribution in [3.05, 3.63) is 17.3 Å². The van der Waals surface area contributed by atoms with Crippen molar-refractivity contribution in [2.75, 3.05) is 6.54 Å². The molecule has 0 radical (unpaired) electrons. The van der Waals surface area contributed by atoms with Crippen molar-refractivity contribution >= 4 is 5.96 Å². The molecule has 1 aromatic rings. The van der Waals surface area contributed by atoms with Gasteiger partial charge >= 0.3 is 0 Å². The average Bonchev–Trinajstić information content (AvgIpc) is 2.72.